The zero-order chi connectivity index (χ0) is 13.0. The Morgan fingerprint density at radius 2 is 2.24 bits per heavy atom. The molecule has 0 fully saturated rings. The molecule has 0 heterocycles. The molecule has 0 N–H and O–H groups in total. The van der Waals surface area contributed by atoms with Crippen molar-refractivity contribution >= 4 is 11.5 Å². The summed E-state index contributed by atoms with van der Waals surface area (Å²) in [6, 6.07) is 4.06. The maximum atomic E-state index is 11.3. The van der Waals surface area contributed by atoms with E-state index in [2.05, 4.69) is 0 Å². The van der Waals surface area contributed by atoms with Crippen molar-refractivity contribution in [2.24, 2.45) is 0 Å². The summed E-state index contributed by atoms with van der Waals surface area (Å²) in [5.41, 5.74) is -0.229. The normalized spacial score (nSPS) is 9.47. The Labute approximate surface area is 97.6 Å². The average Bonchev–Trinajstić information content (AvgIpc) is 2.28. The van der Waals surface area contributed by atoms with Gasteiger partial charge in [-0.2, -0.15) is 5.26 Å². The summed E-state index contributed by atoms with van der Waals surface area (Å²) < 4.78 is 5.13. The molecule has 0 amide bonds. The number of Topliss-reactive ketones (excluding diaryl/α,β-unsaturated/α-hetero) is 1. The lowest BCUT2D eigenvalue weighted by molar-refractivity contribution is -0.385. The SMILES string of the molecule is CCOc1cc([N+](=O)[O-])cc(C(C)=O)c1C#N. The van der Waals surface area contributed by atoms with E-state index in [0.717, 1.165) is 12.1 Å². The van der Waals surface area contributed by atoms with Crippen LogP contribution in [0.4, 0.5) is 5.69 Å². The Morgan fingerprint density at radius 3 is 2.65 bits per heavy atom. The molecule has 88 valence electrons. The lowest BCUT2D eigenvalue weighted by Gasteiger charge is -2.08. The number of nitro benzene ring substituents is 1. The van der Waals surface area contributed by atoms with Gasteiger partial charge in [0.15, 0.2) is 5.78 Å². The molecule has 0 atom stereocenters. The van der Waals surface area contributed by atoms with Gasteiger partial charge in [0, 0.05) is 11.6 Å². The third-order valence-corrected chi connectivity index (χ3v) is 2.09. The molecule has 0 saturated carbocycles. The van der Waals surface area contributed by atoms with Gasteiger partial charge >= 0.3 is 0 Å². The van der Waals surface area contributed by atoms with E-state index >= 15 is 0 Å². The molecule has 0 radical (unpaired) electrons. The van der Waals surface area contributed by atoms with Crippen molar-refractivity contribution in [3.05, 3.63) is 33.4 Å². The van der Waals surface area contributed by atoms with Gasteiger partial charge in [-0.15, -0.1) is 0 Å². The zero-order valence-electron chi connectivity index (χ0n) is 9.39. The van der Waals surface area contributed by atoms with Crippen LogP contribution < -0.4 is 4.74 Å². The molecule has 17 heavy (non-hydrogen) atoms. The van der Waals surface area contributed by atoms with Crippen LogP contribution >= 0.6 is 0 Å². The van der Waals surface area contributed by atoms with Gasteiger partial charge in [0.05, 0.1) is 17.6 Å². The largest absolute Gasteiger partial charge is 0.492 e. The van der Waals surface area contributed by atoms with Crippen LogP contribution in [-0.4, -0.2) is 17.3 Å². The molecule has 6 nitrogen and oxygen atoms in total. The van der Waals surface area contributed by atoms with Gasteiger partial charge in [-0.3, -0.25) is 14.9 Å². The fraction of sp³-hybridized carbons (Fsp3) is 0.273. The number of carbonyl (C=O) groups excluding carboxylic acids is 1. The standard InChI is InChI=1S/C11H10N2O4/c1-3-17-11-5-8(13(15)16)4-9(7(2)14)10(11)6-12/h4-5H,3H2,1-2H3. The molecule has 0 aliphatic rings. The van der Waals surface area contributed by atoms with Crippen LogP contribution in [0.3, 0.4) is 0 Å². The van der Waals surface area contributed by atoms with E-state index in [1.54, 1.807) is 6.92 Å². The monoisotopic (exact) mass is 234 g/mol. The molecular weight excluding hydrogens is 224 g/mol. The number of hydrogen-bond acceptors (Lipinski definition) is 5. The summed E-state index contributed by atoms with van der Waals surface area (Å²) in [6.07, 6.45) is 0. The van der Waals surface area contributed by atoms with Crippen LogP contribution in [0.25, 0.3) is 0 Å². The Kier molecular flexibility index (Phi) is 3.78. The zero-order valence-corrected chi connectivity index (χ0v) is 9.39. The van der Waals surface area contributed by atoms with E-state index in [1.165, 1.54) is 6.92 Å². The van der Waals surface area contributed by atoms with E-state index in [1.807, 2.05) is 6.07 Å². The number of nitro groups is 1. The van der Waals surface area contributed by atoms with E-state index in [9.17, 15) is 14.9 Å². The molecule has 0 saturated heterocycles. The highest BCUT2D eigenvalue weighted by Gasteiger charge is 2.19. The molecule has 0 spiro atoms. The third kappa shape index (κ3) is 2.58. The predicted molar refractivity (Wildman–Crippen MR) is 59.0 cm³/mol. The summed E-state index contributed by atoms with van der Waals surface area (Å²) in [5, 5.41) is 19.6. The molecule has 0 aromatic heterocycles. The van der Waals surface area contributed by atoms with Crippen LogP contribution in [-0.2, 0) is 0 Å². The number of non-ortho nitro benzene ring substituents is 1. The minimum Gasteiger partial charge on any atom is -0.492 e. The van der Waals surface area contributed by atoms with E-state index in [4.69, 9.17) is 10.00 Å². The minimum absolute atomic E-state index is 0.00477. The summed E-state index contributed by atoms with van der Waals surface area (Å²) in [4.78, 5) is 21.4. The molecule has 1 rings (SSSR count). The Bertz CT molecular complexity index is 517. The highest BCUT2D eigenvalue weighted by molar-refractivity contribution is 5.98. The van der Waals surface area contributed by atoms with Crippen LogP contribution in [0.15, 0.2) is 12.1 Å². The average molecular weight is 234 g/mol. The van der Waals surface area contributed by atoms with Crippen molar-refractivity contribution < 1.29 is 14.5 Å². The number of nitriles is 1. The van der Waals surface area contributed by atoms with Gasteiger partial charge in [-0.25, -0.2) is 0 Å². The molecule has 0 aliphatic heterocycles. The quantitative estimate of drug-likeness (QED) is 0.451. The predicted octanol–water partition coefficient (Wildman–Crippen LogP) is 2.07. The third-order valence-electron chi connectivity index (χ3n) is 2.09. The van der Waals surface area contributed by atoms with Crippen molar-refractivity contribution in [1.29, 1.82) is 5.26 Å². The number of rotatable bonds is 4. The van der Waals surface area contributed by atoms with Crippen molar-refractivity contribution in [2.45, 2.75) is 13.8 Å². The second kappa shape index (κ2) is 5.07. The first kappa shape index (κ1) is 12.6. The molecule has 0 unspecified atom stereocenters. The lowest BCUT2D eigenvalue weighted by atomic mass is 10.0. The highest BCUT2D eigenvalue weighted by Crippen LogP contribution is 2.28. The topological polar surface area (TPSA) is 93.2 Å². The number of carbonyl (C=O) groups is 1. The number of benzene rings is 1. The minimum atomic E-state index is -0.629. The smallest absolute Gasteiger partial charge is 0.273 e. The van der Waals surface area contributed by atoms with Crippen LogP contribution in [0.5, 0.6) is 5.75 Å². The van der Waals surface area contributed by atoms with Gasteiger partial charge in [0.2, 0.25) is 0 Å². The van der Waals surface area contributed by atoms with Crippen molar-refractivity contribution in [1.82, 2.24) is 0 Å². The maximum absolute atomic E-state index is 11.3. The van der Waals surface area contributed by atoms with Gasteiger partial charge in [0.1, 0.15) is 17.4 Å². The Morgan fingerprint density at radius 1 is 1.59 bits per heavy atom. The maximum Gasteiger partial charge on any atom is 0.273 e. The first-order valence-corrected chi connectivity index (χ1v) is 4.87. The second-order valence-electron chi connectivity index (χ2n) is 3.22. The van der Waals surface area contributed by atoms with Gasteiger partial charge in [-0.05, 0) is 13.8 Å². The summed E-state index contributed by atoms with van der Waals surface area (Å²) in [6.45, 7) is 3.19. The summed E-state index contributed by atoms with van der Waals surface area (Å²) in [7, 11) is 0. The Hall–Kier alpha value is -2.42. The van der Waals surface area contributed by atoms with E-state index in [-0.39, 0.29) is 29.2 Å². The van der Waals surface area contributed by atoms with Crippen molar-refractivity contribution in [3.63, 3.8) is 0 Å². The molecule has 0 aliphatic carbocycles. The van der Waals surface area contributed by atoms with Gasteiger partial charge in [0.25, 0.3) is 5.69 Å². The van der Waals surface area contributed by atoms with Crippen LogP contribution in [0.2, 0.25) is 0 Å². The van der Waals surface area contributed by atoms with Gasteiger partial charge < -0.3 is 4.74 Å². The number of ether oxygens (including phenoxy) is 1. The number of hydrogen-bond donors (Lipinski definition) is 0. The lowest BCUT2D eigenvalue weighted by Crippen LogP contribution is -2.03. The second-order valence-corrected chi connectivity index (χ2v) is 3.22. The first-order chi connectivity index (χ1) is 8.01. The van der Waals surface area contributed by atoms with Crippen molar-refractivity contribution in [2.75, 3.05) is 6.61 Å². The van der Waals surface area contributed by atoms with Gasteiger partial charge in [-0.1, -0.05) is 0 Å². The molecule has 1 aromatic carbocycles. The summed E-state index contributed by atoms with van der Waals surface area (Å²) >= 11 is 0. The number of nitrogens with zero attached hydrogens (tertiary/aromatic N) is 2. The Balaban J connectivity index is 3.52. The fourth-order valence-corrected chi connectivity index (χ4v) is 1.37. The molecule has 1 aromatic rings. The molecule has 0 bridgehead atoms. The van der Waals surface area contributed by atoms with E-state index < -0.39 is 10.7 Å². The van der Waals surface area contributed by atoms with Crippen LogP contribution in [0.1, 0.15) is 29.8 Å². The fourth-order valence-electron chi connectivity index (χ4n) is 1.37. The first-order valence-electron chi connectivity index (χ1n) is 4.87. The van der Waals surface area contributed by atoms with Crippen molar-refractivity contribution in [3.8, 4) is 11.8 Å². The summed E-state index contributed by atoms with van der Waals surface area (Å²) in [5.74, 6) is -0.347. The van der Waals surface area contributed by atoms with E-state index in [0.29, 0.717) is 0 Å². The number of ketones is 1. The molecular formula is C11H10N2O4. The highest BCUT2D eigenvalue weighted by atomic mass is 16.6. The van der Waals surface area contributed by atoms with Crippen LogP contribution in [0, 0.1) is 21.4 Å². The molecule has 6 heteroatoms.